The highest BCUT2D eigenvalue weighted by atomic mass is 35.5. The van der Waals surface area contributed by atoms with Crippen LogP contribution in [0.2, 0.25) is 5.15 Å². The third-order valence-corrected chi connectivity index (χ3v) is 3.17. The van der Waals surface area contributed by atoms with E-state index in [-0.39, 0.29) is 10.7 Å². The van der Waals surface area contributed by atoms with E-state index < -0.39 is 5.97 Å². The quantitative estimate of drug-likeness (QED) is 0.748. The molecule has 0 fully saturated rings. The Morgan fingerprint density at radius 2 is 1.93 bits per heavy atom. The average molecular weight is 226 g/mol. The van der Waals surface area contributed by atoms with Crippen molar-refractivity contribution >= 4 is 17.6 Å². The minimum Gasteiger partial charge on any atom is -0.478 e. The standard InChI is InChI=1S/C11H12ClNO2/c1-6-7-4-2-3-5-8(7)9(11(14)15)10(12)13-6/h2-5H2,1H3,(H,14,15). The number of aryl methyl sites for hydroxylation is 1. The number of fused-ring (bicyclic) bond motifs is 1. The molecule has 0 bridgehead atoms. The molecule has 1 aliphatic carbocycles. The lowest BCUT2D eigenvalue weighted by atomic mass is 9.88. The molecular formula is C11H12ClNO2. The number of halogens is 1. The van der Waals surface area contributed by atoms with Crippen molar-refractivity contribution in [3.8, 4) is 0 Å². The van der Waals surface area contributed by atoms with E-state index in [9.17, 15) is 4.79 Å². The Labute approximate surface area is 93.1 Å². The van der Waals surface area contributed by atoms with Crippen molar-refractivity contribution in [1.82, 2.24) is 4.98 Å². The smallest absolute Gasteiger partial charge is 0.339 e. The van der Waals surface area contributed by atoms with Gasteiger partial charge in [0.1, 0.15) is 10.7 Å². The maximum atomic E-state index is 11.1. The van der Waals surface area contributed by atoms with Crippen molar-refractivity contribution < 1.29 is 9.90 Å². The van der Waals surface area contributed by atoms with Crippen molar-refractivity contribution in [3.63, 3.8) is 0 Å². The normalized spacial score (nSPS) is 14.8. The Morgan fingerprint density at radius 3 is 2.53 bits per heavy atom. The SMILES string of the molecule is Cc1nc(Cl)c(C(=O)O)c2c1CCCC2. The summed E-state index contributed by atoms with van der Waals surface area (Å²) in [6.07, 6.45) is 3.87. The van der Waals surface area contributed by atoms with Gasteiger partial charge in [0.2, 0.25) is 0 Å². The number of rotatable bonds is 1. The van der Waals surface area contributed by atoms with Gasteiger partial charge < -0.3 is 5.11 Å². The Hall–Kier alpha value is -1.09. The van der Waals surface area contributed by atoms with E-state index in [1.165, 1.54) is 0 Å². The van der Waals surface area contributed by atoms with Gasteiger partial charge in [-0.2, -0.15) is 0 Å². The van der Waals surface area contributed by atoms with Crippen LogP contribution in [-0.4, -0.2) is 16.1 Å². The van der Waals surface area contributed by atoms with Crippen LogP contribution in [-0.2, 0) is 12.8 Å². The number of hydrogen-bond donors (Lipinski definition) is 1. The minimum absolute atomic E-state index is 0.126. The maximum absolute atomic E-state index is 11.1. The molecule has 15 heavy (non-hydrogen) atoms. The Bertz CT molecular complexity index is 429. The number of hydrogen-bond acceptors (Lipinski definition) is 2. The summed E-state index contributed by atoms with van der Waals surface area (Å²) in [6, 6.07) is 0. The fourth-order valence-electron chi connectivity index (χ4n) is 2.19. The fourth-order valence-corrected chi connectivity index (χ4v) is 2.51. The second-order valence-electron chi connectivity index (χ2n) is 3.83. The van der Waals surface area contributed by atoms with Crippen LogP contribution in [0.25, 0.3) is 0 Å². The minimum atomic E-state index is -0.967. The van der Waals surface area contributed by atoms with Gasteiger partial charge in [-0.15, -0.1) is 0 Å². The number of pyridine rings is 1. The van der Waals surface area contributed by atoms with Crippen molar-refractivity contribution in [2.24, 2.45) is 0 Å². The summed E-state index contributed by atoms with van der Waals surface area (Å²) in [4.78, 5) is 15.2. The molecule has 2 rings (SSSR count). The molecule has 0 radical (unpaired) electrons. The first kappa shape index (κ1) is 10.4. The second-order valence-corrected chi connectivity index (χ2v) is 4.19. The van der Waals surface area contributed by atoms with E-state index >= 15 is 0 Å². The van der Waals surface area contributed by atoms with Crippen LogP contribution in [0.1, 0.15) is 40.0 Å². The van der Waals surface area contributed by atoms with Crippen molar-refractivity contribution in [2.75, 3.05) is 0 Å². The van der Waals surface area contributed by atoms with Crippen LogP contribution < -0.4 is 0 Å². The van der Waals surface area contributed by atoms with E-state index in [1.54, 1.807) is 0 Å². The third kappa shape index (κ3) is 1.72. The Balaban J connectivity index is 2.68. The zero-order chi connectivity index (χ0) is 11.0. The summed E-state index contributed by atoms with van der Waals surface area (Å²) < 4.78 is 0. The lowest BCUT2D eigenvalue weighted by molar-refractivity contribution is 0.0695. The van der Waals surface area contributed by atoms with E-state index in [2.05, 4.69) is 4.98 Å². The molecule has 0 unspecified atom stereocenters. The van der Waals surface area contributed by atoms with Gasteiger partial charge in [0.05, 0.1) is 0 Å². The summed E-state index contributed by atoms with van der Waals surface area (Å²) >= 11 is 5.87. The molecule has 4 heteroatoms. The van der Waals surface area contributed by atoms with Gasteiger partial charge in [0, 0.05) is 5.69 Å². The van der Waals surface area contributed by atoms with E-state index in [4.69, 9.17) is 16.7 Å². The third-order valence-electron chi connectivity index (χ3n) is 2.89. The van der Waals surface area contributed by atoms with Gasteiger partial charge in [-0.3, -0.25) is 0 Å². The molecule has 1 aromatic rings. The molecule has 0 amide bonds. The van der Waals surface area contributed by atoms with Crippen LogP contribution in [0, 0.1) is 6.92 Å². The van der Waals surface area contributed by atoms with Crippen LogP contribution >= 0.6 is 11.6 Å². The van der Waals surface area contributed by atoms with Crippen molar-refractivity contribution in [2.45, 2.75) is 32.6 Å². The number of nitrogens with zero attached hydrogens (tertiary/aromatic N) is 1. The average Bonchev–Trinajstić information content (AvgIpc) is 2.17. The van der Waals surface area contributed by atoms with Gasteiger partial charge in [0.15, 0.2) is 0 Å². The Kier molecular flexibility index (Phi) is 2.65. The molecule has 0 spiro atoms. The molecule has 0 atom stereocenters. The van der Waals surface area contributed by atoms with Crippen LogP contribution in [0.15, 0.2) is 0 Å². The monoisotopic (exact) mass is 225 g/mol. The predicted octanol–water partition coefficient (Wildman–Crippen LogP) is 2.62. The lowest BCUT2D eigenvalue weighted by Crippen LogP contribution is -2.14. The maximum Gasteiger partial charge on any atom is 0.339 e. The first-order valence-electron chi connectivity index (χ1n) is 5.02. The lowest BCUT2D eigenvalue weighted by Gasteiger charge is -2.20. The number of carbonyl (C=O) groups is 1. The van der Waals surface area contributed by atoms with Gasteiger partial charge in [0.25, 0.3) is 0 Å². The van der Waals surface area contributed by atoms with Gasteiger partial charge in [-0.25, -0.2) is 9.78 Å². The largest absolute Gasteiger partial charge is 0.478 e. The molecule has 1 aliphatic rings. The summed E-state index contributed by atoms with van der Waals surface area (Å²) in [5, 5.41) is 9.21. The van der Waals surface area contributed by atoms with Crippen LogP contribution in [0.3, 0.4) is 0 Å². The molecule has 1 heterocycles. The summed E-state index contributed by atoms with van der Waals surface area (Å²) in [7, 11) is 0. The summed E-state index contributed by atoms with van der Waals surface area (Å²) in [5.41, 5.74) is 3.06. The first-order chi connectivity index (χ1) is 7.11. The van der Waals surface area contributed by atoms with E-state index in [0.717, 1.165) is 42.5 Å². The Morgan fingerprint density at radius 1 is 1.33 bits per heavy atom. The highest BCUT2D eigenvalue weighted by molar-refractivity contribution is 6.32. The molecule has 80 valence electrons. The molecule has 0 aliphatic heterocycles. The van der Waals surface area contributed by atoms with Gasteiger partial charge in [-0.1, -0.05) is 11.6 Å². The molecule has 1 aromatic heterocycles. The number of carboxylic acid groups (broad SMARTS) is 1. The highest BCUT2D eigenvalue weighted by Gasteiger charge is 2.23. The van der Waals surface area contributed by atoms with Crippen LogP contribution in [0.5, 0.6) is 0 Å². The summed E-state index contributed by atoms with van der Waals surface area (Å²) in [6.45, 7) is 1.89. The second kappa shape index (κ2) is 3.81. The summed E-state index contributed by atoms with van der Waals surface area (Å²) in [5.74, 6) is -0.967. The molecule has 0 aromatic carbocycles. The molecule has 0 saturated carbocycles. The highest BCUT2D eigenvalue weighted by Crippen LogP contribution is 2.30. The number of carboxylic acids is 1. The van der Waals surface area contributed by atoms with Crippen molar-refractivity contribution in [3.05, 3.63) is 27.5 Å². The van der Waals surface area contributed by atoms with Gasteiger partial charge in [-0.05, 0) is 43.7 Å². The molecular weight excluding hydrogens is 214 g/mol. The fraction of sp³-hybridized carbons (Fsp3) is 0.455. The molecule has 3 nitrogen and oxygen atoms in total. The first-order valence-corrected chi connectivity index (χ1v) is 5.40. The zero-order valence-electron chi connectivity index (χ0n) is 8.51. The van der Waals surface area contributed by atoms with E-state index in [0.29, 0.717) is 0 Å². The van der Waals surface area contributed by atoms with Crippen LogP contribution in [0.4, 0.5) is 0 Å². The topological polar surface area (TPSA) is 50.2 Å². The van der Waals surface area contributed by atoms with Crippen molar-refractivity contribution in [1.29, 1.82) is 0 Å². The van der Waals surface area contributed by atoms with Gasteiger partial charge >= 0.3 is 5.97 Å². The zero-order valence-corrected chi connectivity index (χ0v) is 9.26. The van der Waals surface area contributed by atoms with E-state index in [1.807, 2.05) is 6.92 Å². The molecule has 0 saturated heterocycles. The predicted molar refractivity (Wildman–Crippen MR) is 57.6 cm³/mol. The number of aromatic carboxylic acids is 1. The number of aromatic nitrogens is 1. The molecule has 1 N–H and O–H groups in total.